The number of nitrogens with two attached hydrogens (primary N) is 1. The number of carboxylic acid groups (broad SMARTS) is 1. The molecule has 0 amide bonds. The molecule has 4 rings (SSSR count). The van der Waals surface area contributed by atoms with Crippen molar-refractivity contribution in [3.8, 4) is 0 Å². The number of para-hydroxylation sites is 2. The summed E-state index contributed by atoms with van der Waals surface area (Å²) in [5.74, 6) is 0.114. The zero-order chi connectivity index (χ0) is 26.3. The van der Waals surface area contributed by atoms with Crippen LogP contribution in [0.1, 0.15) is 43.2 Å². The molecule has 0 aliphatic carbocycles. The number of nitrogens with one attached hydrogen (secondary N) is 1. The summed E-state index contributed by atoms with van der Waals surface area (Å²) in [6.07, 6.45) is 6.65. The molecule has 0 saturated carbocycles. The molecule has 4 N–H and O–H groups in total. The standard InChI is InChI=1S/C28H39N5O3S/c1-32-17-13-23(14-18-32)36-33(27-30-24-11-3-4-12-25(24)31-27)28(26(34)35,15-19-37-2)22-10-7-9-21(20-22)8-5-6-16-29/h3-4,7,9-12,20,23H,5-6,8,13-19,29H2,1-2H3,(H,30,31)(H,34,35)/t28-/m0/s1. The van der Waals surface area contributed by atoms with E-state index in [-0.39, 0.29) is 6.10 Å². The summed E-state index contributed by atoms with van der Waals surface area (Å²) < 4.78 is 0. The molecule has 1 saturated heterocycles. The van der Waals surface area contributed by atoms with Crippen molar-refractivity contribution in [2.45, 2.75) is 50.2 Å². The minimum absolute atomic E-state index is 0.106. The molecule has 1 aromatic heterocycles. The lowest BCUT2D eigenvalue weighted by atomic mass is 9.85. The number of imidazole rings is 1. The number of nitrogens with zero attached hydrogens (tertiary/aromatic N) is 3. The summed E-state index contributed by atoms with van der Waals surface area (Å²) in [4.78, 5) is 30.5. The number of likely N-dealkylation sites (tertiary alicyclic amines) is 1. The zero-order valence-electron chi connectivity index (χ0n) is 21.9. The number of benzene rings is 2. The van der Waals surface area contributed by atoms with Crippen LogP contribution in [0.3, 0.4) is 0 Å². The van der Waals surface area contributed by atoms with Crippen LogP contribution < -0.4 is 10.8 Å². The summed E-state index contributed by atoms with van der Waals surface area (Å²) in [5, 5.41) is 12.6. The van der Waals surface area contributed by atoms with E-state index in [4.69, 9.17) is 15.6 Å². The van der Waals surface area contributed by atoms with Crippen molar-refractivity contribution in [2.24, 2.45) is 5.73 Å². The fraction of sp³-hybridized carbons (Fsp3) is 0.500. The quantitative estimate of drug-likeness (QED) is 0.223. The molecule has 1 aliphatic rings. The van der Waals surface area contributed by atoms with Crippen LogP contribution in [0.4, 0.5) is 5.95 Å². The van der Waals surface area contributed by atoms with E-state index in [0.717, 1.165) is 61.8 Å². The van der Waals surface area contributed by atoms with Gasteiger partial charge in [-0.25, -0.2) is 9.78 Å². The van der Waals surface area contributed by atoms with E-state index in [9.17, 15) is 9.90 Å². The lowest BCUT2D eigenvalue weighted by molar-refractivity contribution is -0.151. The average Bonchev–Trinajstić information content (AvgIpc) is 3.34. The van der Waals surface area contributed by atoms with Crippen LogP contribution in [0.2, 0.25) is 0 Å². The highest BCUT2D eigenvalue weighted by Gasteiger charge is 2.49. The van der Waals surface area contributed by atoms with Gasteiger partial charge < -0.3 is 20.7 Å². The third kappa shape index (κ3) is 6.29. The Morgan fingerprint density at radius 3 is 2.73 bits per heavy atom. The number of hydrogen-bond donors (Lipinski definition) is 3. The third-order valence-electron chi connectivity index (χ3n) is 7.18. The monoisotopic (exact) mass is 525 g/mol. The van der Waals surface area contributed by atoms with E-state index < -0.39 is 11.5 Å². The normalized spacial score (nSPS) is 16.6. The lowest BCUT2D eigenvalue weighted by Gasteiger charge is -2.42. The summed E-state index contributed by atoms with van der Waals surface area (Å²) in [6.45, 7) is 2.46. The van der Waals surface area contributed by atoms with Crippen molar-refractivity contribution in [1.29, 1.82) is 0 Å². The van der Waals surface area contributed by atoms with E-state index in [1.54, 1.807) is 16.8 Å². The number of aliphatic carboxylic acids is 1. The second-order valence-corrected chi connectivity index (χ2v) is 10.8. The largest absolute Gasteiger partial charge is 0.479 e. The van der Waals surface area contributed by atoms with Crippen LogP contribution >= 0.6 is 11.8 Å². The van der Waals surface area contributed by atoms with Gasteiger partial charge in [0.15, 0.2) is 5.54 Å². The number of aromatic nitrogens is 2. The van der Waals surface area contributed by atoms with Gasteiger partial charge in [0.25, 0.3) is 0 Å². The highest BCUT2D eigenvalue weighted by atomic mass is 32.2. The summed E-state index contributed by atoms with van der Waals surface area (Å²) in [6, 6.07) is 15.7. The second-order valence-electron chi connectivity index (χ2n) is 9.83. The second kappa shape index (κ2) is 12.8. The van der Waals surface area contributed by atoms with Crippen LogP contribution in [0, 0.1) is 0 Å². The fourth-order valence-corrected chi connectivity index (χ4v) is 5.48. The number of carbonyl (C=O) groups is 1. The van der Waals surface area contributed by atoms with Crippen LogP contribution in [0.5, 0.6) is 0 Å². The number of carboxylic acids is 1. The third-order valence-corrected chi connectivity index (χ3v) is 7.79. The Balaban J connectivity index is 1.83. The van der Waals surface area contributed by atoms with Crippen LogP contribution in [-0.4, -0.2) is 70.7 Å². The van der Waals surface area contributed by atoms with Gasteiger partial charge in [0.1, 0.15) is 0 Å². The van der Waals surface area contributed by atoms with Crippen LogP contribution in [-0.2, 0) is 21.6 Å². The maximum absolute atomic E-state index is 13.4. The van der Waals surface area contributed by atoms with E-state index in [2.05, 4.69) is 23.0 Å². The number of hydroxylamine groups is 1. The number of aryl methyl sites for hydroxylation is 1. The number of hydrogen-bond acceptors (Lipinski definition) is 7. The first-order valence-electron chi connectivity index (χ1n) is 13.1. The molecule has 1 fully saturated rings. The molecule has 0 radical (unpaired) electrons. The average molecular weight is 526 g/mol. The van der Waals surface area contributed by atoms with Gasteiger partial charge in [-0.05, 0) is 87.4 Å². The SMILES string of the molecule is CSCC[C@@](C(=O)O)(c1cccc(CCCCN)c1)N(OC1CCN(C)CC1)c1nc2ccccc2[nH]1. The van der Waals surface area contributed by atoms with E-state index in [0.29, 0.717) is 30.2 Å². The molecule has 2 aromatic carbocycles. The first kappa shape index (κ1) is 27.4. The van der Waals surface area contributed by atoms with Crippen molar-refractivity contribution in [3.63, 3.8) is 0 Å². The maximum atomic E-state index is 13.4. The molecule has 2 heterocycles. The van der Waals surface area contributed by atoms with Crippen LogP contribution in [0.25, 0.3) is 11.0 Å². The molecule has 8 nitrogen and oxygen atoms in total. The molecule has 1 atom stereocenters. The Morgan fingerprint density at radius 2 is 2.03 bits per heavy atom. The van der Waals surface area contributed by atoms with Gasteiger partial charge in [-0.2, -0.15) is 16.8 Å². The molecule has 0 spiro atoms. The Bertz CT molecular complexity index is 1130. The predicted octanol–water partition coefficient (Wildman–Crippen LogP) is 4.41. The summed E-state index contributed by atoms with van der Waals surface area (Å²) in [7, 11) is 2.10. The maximum Gasteiger partial charge on any atom is 0.336 e. The summed E-state index contributed by atoms with van der Waals surface area (Å²) >= 11 is 1.63. The minimum Gasteiger partial charge on any atom is -0.479 e. The molecular formula is C28H39N5O3S. The number of rotatable bonds is 13. The molecular weight excluding hydrogens is 486 g/mol. The number of fused-ring (bicyclic) bond motifs is 1. The van der Waals surface area contributed by atoms with Gasteiger partial charge in [0.2, 0.25) is 5.95 Å². The van der Waals surface area contributed by atoms with Gasteiger partial charge in [-0.3, -0.25) is 4.84 Å². The van der Waals surface area contributed by atoms with E-state index >= 15 is 0 Å². The molecule has 3 aromatic rings. The molecule has 0 bridgehead atoms. The van der Waals surface area contributed by atoms with Gasteiger partial charge in [-0.15, -0.1) is 0 Å². The Kier molecular flexibility index (Phi) is 9.48. The Hall–Kier alpha value is -2.59. The number of piperidine rings is 1. The van der Waals surface area contributed by atoms with Crippen molar-refractivity contribution in [1.82, 2.24) is 14.9 Å². The van der Waals surface area contributed by atoms with Gasteiger partial charge in [-0.1, -0.05) is 36.4 Å². The smallest absolute Gasteiger partial charge is 0.336 e. The van der Waals surface area contributed by atoms with Crippen molar-refractivity contribution in [3.05, 3.63) is 59.7 Å². The number of unbranched alkanes of at least 4 members (excludes halogenated alkanes) is 1. The summed E-state index contributed by atoms with van der Waals surface area (Å²) in [5.41, 5.74) is 7.67. The van der Waals surface area contributed by atoms with E-state index in [1.165, 1.54) is 0 Å². The highest BCUT2D eigenvalue weighted by Crippen LogP contribution is 2.39. The van der Waals surface area contributed by atoms with Gasteiger partial charge >= 0.3 is 5.97 Å². The van der Waals surface area contributed by atoms with Gasteiger partial charge in [0.05, 0.1) is 17.1 Å². The first-order chi connectivity index (χ1) is 18.0. The van der Waals surface area contributed by atoms with E-state index in [1.807, 2.05) is 48.7 Å². The lowest BCUT2D eigenvalue weighted by Crippen LogP contribution is -2.55. The zero-order valence-corrected chi connectivity index (χ0v) is 22.7. The van der Waals surface area contributed by atoms with Crippen LogP contribution in [0.15, 0.2) is 48.5 Å². The fourth-order valence-electron chi connectivity index (χ4n) is 4.98. The number of thioether (sulfide) groups is 1. The minimum atomic E-state index is -1.45. The Morgan fingerprint density at radius 1 is 1.24 bits per heavy atom. The van der Waals surface area contributed by atoms with Gasteiger partial charge in [0, 0.05) is 13.1 Å². The molecule has 9 heteroatoms. The topological polar surface area (TPSA) is 108 Å². The van der Waals surface area contributed by atoms with Crippen molar-refractivity contribution < 1.29 is 14.7 Å². The number of aromatic amines is 1. The van der Waals surface area contributed by atoms with Crippen molar-refractivity contribution in [2.75, 3.05) is 43.8 Å². The van der Waals surface area contributed by atoms with Crippen molar-refractivity contribution >= 4 is 34.7 Å². The molecule has 0 unspecified atom stereocenters. The Labute approximate surface area is 223 Å². The first-order valence-corrected chi connectivity index (χ1v) is 14.5. The predicted molar refractivity (Wildman–Crippen MR) is 151 cm³/mol. The molecule has 200 valence electrons. The number of H-pyrrole nitrogens is 1. The number of anilines is 1. The highest BCUT2D eigenvalue weighted by molar-refractivity contribution is 7.98. The molecule has 37 heavy (non-hydrogen) atoms. The molecule has 1 aliphatic heterocycles.